The fraction of sp³-hybridized carbons (Fsp3) is 0.103. The van der Waals surface area contributed by atoms with Gasteiger partial charge in [0.25, 0.3) is 0 Å². The molecule has 38 heavy (non-hydrogen) atoms. The maximum absolute atomic E-state index is 14.2. The molecule has 0 saturated heterocycles. The van der Waals surface area contributed by atoms with Crippen molar-refractivity contribution in [2.45, 2.75) is 12.7 Å². The van der Waals surface area contributed by atoms with E-state index in [1.165, 1.54) is 30.3 Å². The molecule has 192 valence electrons. The van der Waals surface area contributed by atoms with Gasteiger partial charge in [-0.05, 0) is 47.0 Å². The van der Waals surface area contributed by atoms with E-state index in [4.69, 9.17) is 4.74 Å². The zero-order valence-electron chi connectivity index (χ0n) is 19.8. The molecule has 5 rings (SSSR count). The van der Waals surface area contributed by atoms with E-state index in [1.54, 1.807) is 42.7 Å². The molecule has 0 saturated carbocycles. The van der Waals surface area contributed by atoms with E-state index in [2.05, 4.69) is 16.5 Å². The molecule has 0 unspecified atom stereocenters. The molecule has 3 aromatic carbocycles. The van der Waals surface area contributed by atoms with E-state index >= 15 is 0 Å². The van der Waals surface area contributed by atoms with Gasteiger partial charge in [0.05, 0.1) is 16.8 Å². The summed E-state index contributed by atoms with van der Waals surface area (Å²) in [6.45, 7) is 4.02. The lowest BCUT2D eigenvalue weighted by Crippen LogP contribution is -2.08. The van der Waals surface area contributed by atoms with Gasteiger partial charge < -0.3 is 9.30 Å². The second kappa shape index (κ2) is 10.1. The molecule has 3 aromatic rings. The summed E-state index contributed by atoms with van der Waals surface area (Å²) < 4.78 is 76.1. The highest BCUT2D eigenvalue weighted by atomic mass is 19.4. The van der Waals surface area contributed by atoms with Crippen LogP contribution < -0.4 is 4.74 Å². The molecule has 4 nitrogen and oxygen atoms in total. The van der Waals surface area contributed by atoms with E-state index in [1.807, 2.05) is 4.57 Å². The van der Waals surface area contributed by atoms with E-state index in [0.29, 0.717) is 23.5 Å². The molecular formula is C29H20F5N3O. The molecular weight excluding hydrogens is 501 g/mol. The molecule has 0 aromatic heterocycles. The number of hydrogen-bond donors (Lipinski definition) is 0. The second-order valence-corrected chi connectivity index (χ2v) is 8.54. The molecule has 2 heterocycles. The van der Waals surface area contributed by atoms with Crippen LogP contribution in [0.4, 0.5) is 22.0 Å². The summed E-state index contributed by atoms with van der Waals surface area (Å²) in [7, 11) is 0. The van der Waals surface area contributed by atoms with Crippen molar-refractivity contribution in [2.75, 3.05) is 6.61 Å². The SMILES string of the molecule is C=CCOc1ccc(-c2ccc(Cn3ccc4nc(-c5cccc(F)c5F)nc-4c3)cc2)c(C(F)(F)F)c1. The van der Waals surface area contributed by atoms with Crippen LogP contribution in [0.5, 0.6) is 5.75 Å². The topological polar surface area (TPSA) is 39.9 Å². The van der Waals surface area contributed by atoms with Crippen molar-refractivity contribution in [1.29, 1.82) is 0 Å². The van der Waals surface area contributed by atoms with E-state index < -0.39 is 23.4 Å². The number of nitrogens with zero attached hydrogens (tertiary/aromatic N) is 3. The zero-order chi connectivity index (χ0) is 26.9. The molecule has 0 bridgehead atoms. The van der Waals surface area contributed by atoms with Gasteiger partial charge in [-0.15, -0.1) is 0 Å². The van der Waals surface area contributed by atoms with Crippen LogP contribution in [0.25, 0.3) is 33.9 Å². The summed E-state index contributed by atoms with van der Waals surface area (Å²) in [6.07, 6.45) is 0.394. The Bertz CT molecular complexity index is 1570. The largest absolute Gasteiger partial charge is 0.490 e. The van der Waals surface area contributed by atoms with Gasteiger partial charge in [0.1, 0.15) is 18.1 Å². The Morgan fingerprint density at radius 2 is 1.66 bits per heavy atom. The number of benzene rings is 3. The number of ether oxygens (including phenoxy) is 1. The van der Waals surface area contributed by atoms with Crippen molar-refractivity contribution in [3.8, 4) is 39.7 Å². The maximum Gasteiger partial charge on any atom is 0.417 e. The molecule has 0 fully saturated rings. The first-order valence-corrected chi connectivity index (χ1v) is 11.5. The molecule has 0 atom stereocenters. The molecule has 0 amide bonds. The molecule has 0 N–H and O–H groups in total. The van der Waals surface area contributed by atoms with E-state index in [0.717, 1.165) is 17.7 Å². The van der Waals surface area contributed by atoms with Crippen LogP contribution in [0.3, 0.4) is 0 Å². The Morgan fingerprint density at radius 3 is 2.39 bits per heavy atom. The molecule has 0 radical (unpaired) electrons. The van der Waals surface area contributed by atoms with Crippen molar-refractivity contribution >= 4 is 0 Å². The number of aromatic nitrogens is 3. The van der Waals surface area contributed by atoms with Crippen LogP contribution in [0.15, 0.2) is 91.8 Å². The van der Waals surface area contributed by atoms with Crippen LogP contribution in [0, 0.1) is 11.6 Å². The monoisotopic (exact) mass is 521 g/mol. The first-order chi connectivity index (χ1) is 18.2. The number of pyridine rings is 1. The number of hydrogen-bond acceptors (Lipinski definition) is 3. The fourth-order valence-corrected chi connectivity index (χ4v) is 4.10. The Balaban J connectivity index is 1.39. The highest BCUT2D eigenvalue weighted by Crippen LogP contribution is 2.39. The summed E-state index contributed by atoms with van der Waals surface area (Å²) in [5.74, 6) is -1.79. The number of halogens is 5. The summed E-state index contributed by atoms with van der Waals surface area (Å²) in [5.41, 5.74) is 1.52. The minimum Gasteiger partial charge on any atom is -0.490 e. The summed E-state index contributed by atoms with van der Waals surface area (Å²) >= 11 is 0. The normalized spacial score (nSPS) is 11.6. The summed E-state index contributed by atoms with van der Waals surface area (Å²) in [5, 5.41) is 0. The molecule has 9 heteroatoms. The Kier molecular flexibility index (Phi) is 6.67. The molecule has 2 aliphatic rings. The smallest absolute Gasteiger partial charge is 0.417 e. The molecule has 0 spiro atoms. The lowest BCUT2D eigenvalue weighted by molar-refractivity contribution is -0.137. The van der Waals surface area contributed by atoms with Gasteiger partial charge in [0.2, 0.25) is 0 Å². The van der Waals surface area contributed by atoms with Crippen molar-refractivity contribution in [3.05, 3.63) is 115 Å². The zero-order valence-corrected chi connectivity index (χ0v) is 19.8. The lowest BCUT2D eigenvalue weighted by Gasteiger charge is -2.15. The van der Waals surface area contributed by atoms with Gasteiger partial charge in [-0.3, -0.25) is 0 Å². The van der Waals surface area contributed by atoms with Crippen molar-refractivity contribution in [1.82, 2.24) is 14.5 Å². The maximum atomic E-state index is 14.2. The Hall–Kier alpha value is -4.53. The first-order valence-electron chi connectivity index (χ1n) is 11.5. The van der Waals surface area contributed by atoms with Gasteiger partial charge in [-0.25, -0.2) is 18.7 Å². The van der Waals surface area contributed by atoms with Crippen LogP contribution >= 0.6 is 0 Å². The summed E-state index contributed by atoms with van der Waals surface area (Å²) in [4.78, 5) is 8.63. The van der Waals surface area contributed by atoms with Gasteiger partial charge in [0, 0.05) is 18.9 Å². The van der Waals surface area contributed by atoms with Crippen LogP contribution in [0.1, 0.15) is 11.1 Å². The average Bonchev–Trinajstić information content (AvgIpc) is 3.32. The Morgan fingerprint density at radius 1 is 0.895 bits per heavy atom. The quantitative estimate of drug-likeness (QED) is 0.163. The van der Waals surface area contributed by atoms with Gasteiger partial charge >= 0.3 is 6.18 Å². The highest BCUT2D eigenvalue weighted by molar-refractivity contribution is 5.70. The van der Waals surface area contributed by atoms with E-state index in [-0.39, 0.29) is 29.3 Å². The number of rotatable bonds is 7. The third-order valence-corrected chi connectivity index (χ3v) is 5.91. The van der Waals surface area contributed by atoms with Crippen molar-refractivity contribution in [2.24, 2.45) is 0 Å². The second-order valence-electron chi connectivity index (χ2n) is 8.54. The third-order valence-electron chi connectivity index (χ3n) is 5.91. The predicted octanol–water partition coefficient (Wildman–Crippen LogP) is 7.63. The number of alkyl halides is 3. The molecule has 2 aliphatic heterocycles. The third kappa shape index (κ3) is 5.13. The molecule has 0 aliphatic carbocycles. The minimum atomic E-state index is -4.55. The van der Waals surface area contributed by atoms with Crippen LogP contribution in [0.2, 0.25) is 0 Å². The summed E-state index contributed by atoms with van der Waals surface area (Å²) in [6, 6.07) is 16.2. The van der Waals surface area contributed by atoms with Crippen LogP contribution in [-0.2, 0) is 12.7 Å². The number of fused-ring (bicyclic) bond motifs is 1. The Labute approximate surface area is 215 Å². The van der Waals surface area contributed by atoms with Crippen molar-refractivity contribution < 1.29 is 26.7 Å². The lowest BCUT2D eigenvalue weighted by atomic mass is 9.98. The standard InChI is InChI=1S/C29H20F5N3O/c1-2-14-38-20-10-11-21(23(15-20)29(32,33)34)19-8-6-18(7-9-19)16-37-13-12-25-26(17-37)36-28(35-25)22-4-3-5-24(30)27(22)31/h2-13,15,17H,1,14,16H2. The average molecular weight is 521 g/mol. The fourth-order valence-electron chi connectivity index (χ4n) is 4.10. The first kappa shape index (κ1) is 25.1. The van der Waals surface area contributed by atoms with Gasteiger partial charge in [0.15, 0.2) is 17.5 Å². The van der Waals surface area contributed by atoms with Crippen molar-refractivity contribution in [3.63, 3.8) is 0 Å². The van der Waals surface area contributed by atoms with E-state index in [9.17, 15) is 22.0 Å². The minimum absolute atomic E-state index is 0.0261. The van der Waals surface area contributed by atoms with Gasteiger partial charge in [-0.2, -0.15) is 13.2 Å². The van der Waals surface area contributed by atoms with Crippen LogP contribution in [-0.4, -0.2) is 21.1 Å². The number of imidazole rings is 1. The van der Waals surface area contributed by atoms with Gasteiger partial charge in [-0.1, -0.05) is 49.1 Å². The predicted molar refractivity (Wildman–Crippen MR) is 134 cm³/mol. The highest BCUT2D eigenvalue weighted by Gasteiger charge is 2.34.